The molecule has 0 aliphatic carbocycles. The third-order valence-corrected chi connectivity index (χ3v) is 5.34. The topological polar surface area (TPSA) is 81.6 Å². The molecule has 0 spiro atoms. The van der Waals surface area contributed by atoms with Gasteiger partial charge in [-0.3, -0.25) is 4.68 Å². The van der Waals surface area contributed by atoms with Gasteiger partial charge in [-0.15, -0.1) is 5.10 Å². The first kappa shape index (κ1) is 21.6. The Labute approximate surface area is 179 Å². The second kappa shape index (κ2) is 8.50. The van der Waals surface area contributed by atoms with E-state index in [1.807, 2.05) is 0 Å². The van der Waals surface area contributed by atoms with E-state index in [0.29, 0.717) is 17.3 Å². The van der Waals surface area contributed by atoms with Crippen LogP contribution in [0.25, 0.3) is 0 Å². The lowest BCUT2D eigenvalue weighted by atomic mass is 9.80. The highest BCUT2D eigenvalue weighted by Crippen LogP contribution is 2.39. The molecule has 2 heterocycles. The first-order valence-corrected chi connectivity index (χ1v) is 9.62. The molecule has 32 heavy (non-hydrogen) atoms. The van der Waals surface area contributed by atoms with Crippen LogP contribution in [0.15, 0.2) is 55.0 Å². The highest BCUT2D eigenvalue weighted by molar-refractivity contribution is 5.30. The number of tetrazole rings is 1. The number of benzene rings is 2. The SMILES string of the molecule is C[C@@H](c1ccn(Cc2ccc(F)c(F)c2)n1)[C@](O)(Cn1cnnn1)c1ccc(F)cc1F. The van der Waals surface area contributed by atoms with Crippen molar-refractivity contribution >= 4 is 0 Å². The molecule has 7 nitrogen and oxygen atoms in total. The summed E-state index contributed by atoms with van der Waals surface area (Å²) in [5, 5.41) is 26.8. The fraction of sp³-hybridized carbons (Fsp3) is 0.238. The zero-order valence-electron chi connectivity index (χ0n) is 16.8. The Morgan fingerprint density at radius 3 is 2.47 bits per heavy atom. The average molecular weight is 446 g/mol. The molecule has 1 N–H and O–H groups in total. The van der Waals surface area contributed by atoms with E-state index in [0.717, 1.165) is 18.2 Å². The highest BCUT2D eigenvalue weighted by Gasteiger charge is 2.41. The Bertz CT molecular complexity index is 1230. The van der Waals surface area contributed by atoms with Gasteiger partial charge in [0.05, 0.1) is 18.8 Å². The molecule has 0 amide bonds. The Hall–Kier alpha value is -3.60. The molecule has 2 aromatic heterocycles. The van der Waals surface area contributed by atoms with Crippen LogP contribution in [0.4, 0.5) is 17.6 Å². The van der Waals surface area contributed by atoms with Crippen molar-refractivity contribution in [1.29, 1.82) is 0 Å². The van der Waals surface area contributed by atoms with E-state index in [9.17, 15) is 22.7 Å². The number of aromatic nitrogens is 6. The summed E-state index contributed by atoms with van der Waals surface area (Å²) in [5.41, 5.74) is -1.14. The zero-order valence-corrected chi connectivity index (χ0v) is 16.8. The number of nitrogens with zero attached hydrogens (tertiary/aromatic N) is 6. The number of aliphatic hydroxyl groups is 1. The summed E-state index contributed by atoms with van der Waals surface area (Å²) in [4.78, 5) is 0. The molecule has 11 heteroatoms. The second-order valence-electron chi connectivity index (χ2n) is 7.46. The van der Waals surface area contributed by atoms with E-state index in [-0.39, 0.29) is 18.7 Å². The average Bonchev–Trinajstić information content (AvgIpc) is 3.42. The van der Waals surface area contributed by atoms with E-state index < -0.39 is 34.8 Å². The number of hydrogen-bond acceptors (Lipinski definition) is 5. The van der Waals surface area contributed by atoms with Gasteiger partial charge in [0.1, 0.15) is 23.6 Å². The zero-order chi connectivity index (χ0) is 22.9. The van der Waals surface area contributed by atoms with Gasteiger partial charge in [0.25, 0.3) is 0 Å². The standard InChI is InChI=1S/C21H18F4N6O/c1-13(20-6-7-30(27-20)10-14-2-5-17(23)19(25)8-14)21(32,11-31-12-26-28-29-31)16-4-3-15(22)9-18(16)24/h2-9,12-13,32H,10-11H2,1H3/t13-,21+/m0/s1. The summed E-state index contributed by atoms with van der Waals surface area (Å²) in [7, 11) is 0. The van der Waals surface area contributed by atoms with Crippen LogP contribution in [0.1, 0.15) is 29.7 Å². The molecule has 2 aromatic carbocycles. The summed E-state index contributed by atoms with van der Waals surface area (Å²) in [6, 6.07) is 8.07. The molecule has 0 unspecified atom stereocenters. The molecule has 0 radical (unpaired) electrons. The first-order chi connectivity index (χ1) is 15.3. The summed E-state index contributed by atoms with van der Waals surface area (Å²) in [5.74, 6) is -4.39. The van der Waals surface area contributed by atoms with Crippen molar-refractivity contribution in [2.45, 2.75) is 31.5 Å². The van der Waals surface area contributed by atoms with E-state index in [4.69, 9.17) is 0 Å². The Balaban J connectivity index is 1.66. The van der Waals surface area contributed by atoms with Crippen LogP contribution in [0.2, 0.25) is 0 Å². The van der Waals surface area contributed by atoms with Gasteiger partial charge in [0, 0.05) is 23.7 Å². The van der Waals surface area contributed by atoms with Gasteiger partial charge in [0.15, 0.2) is 11.6 Å². The van der Waals surface area contributed by atoms with Crippen molar-refractivity contribution in [1.82, 2.24) is 30.0 Å². The van der Waals surface area contributed by atoms with E-state index in [2.05, 4.69) is 20.6 Å². The van der Waals surface area contributed by atoms with Crippen molar-refractivity contribution in [3.63, 3.8) is 0 Å². The summed E-state index contributed by atoms with van der Waals surface area (Å²) in [6.07, 6.45) is 2.87. The van der Waals surface area contributed by atoms with Crippen LogP contribution in [0.3, 0.4) is 0 Å². The maximum absolute atomic E-state index is 14.7. The van der Waals surface area contributed by atoms with Crippen molar-refractivity contribution < 1.29 is 22.7 Å². The minimum absolute atomic E-state index is 0.142. The van der Waals surface area contributed by atoms with Crippen molar-refractivity contribution in [2.24, 2.45) is 0 Å². The molecule has 0 aliphatic rings. The van der Waals surface area contributed by atoms with Crippen LogP contribution >= 0.6 is 0 Å². The maximum atomic E-state index is 14.7. The Kier molecular flexibility index (Phi) is 5.74. The molecule has 0 fully saturated rings. The van der Waals surface area contributed by atoms with Crippen LogP contribution in [0.5, 0.6) is 0 Å². The van der Waals surface area contributed by atoms with Crippen LogP contribution in [0, 0.1) is 23.3 Å². The Morgan fingerprint density at radius 1 is 0.969 bits per heavy atom. The summed E-state index contributed by atoms with van der Waals surface area (Å²) < 4.78 is 57.5. The minimum Gasteiger partial charge on any atom is -0.382 e. The summed E-state index contributed by atoms with van der Waals surface area (Å²) in [6.45, 7) is 1.57. The first-order valence-electron chi connectivity index (χ1n) is 9.62. The van der Waals surface area contributed by atoms with Crippen molar-refractivity contribution in [2.75, 3.05) is 0 Å². The van der Waals surface area contributed by atoms with Gasteiger partial charge in [-0.2, -0.15) is 5.10 Å². The van der Waals surface area contributed by atoms with Crippen molar-refractivity contribution in [3.8, 4) is 0 Å². The number of hydrogen-bond donors (Lipinski definition) is 1. The molecule has 0 saturated carbocycles. The maximum Gasteiger partial charge on any atom is 0.159 e. The molecule has 0 saturated heterocycles. The van der Waals surface area contributed by atoms with Crippen LogP contribution in [-0.4, -0.2) is 35.1 Å². The molecule has 4 rings (SSSR count). The van der Waals surface area contributed by atoms with Gasteiger partial charge in [0.2, 0.25) is 0 Å². The largest absolute Gasteiger partial charge is 0.382 e. The number of rotatable bonds is 7. The smallest absolute Gasteiger partial charge is 0.159 e. The predicted molar refractivity (Wildman–Crippen MR) is 104 cm³/mol. The minimum atomic E-state index is -1.88. The summed E-state index contributed by atoms with van der Waals surface area (Å²) >= 11 is 0. The van der Waals surface area contributed by atoms with Gasteiger partial charge < -0.3 is 5.11 Å². The lowest BCUT2D eigenvalue weighted by molar-refractivity contribution is -0.0128. The Morgan fingerprint density at radius 2 is 1.78 bits per heavy atom. The van der Waals surface area contributed by atoms with Gasteiger partial charge in [-0.1, -0.05) is 19.1 Å². The fourth-order valence-corrected chi connectivity index (χ4v) is 3.56. The van der Waals surface area contributed by atoms with Crippen molar-refractivity contribution in [3.05, 3.63) is 95.1 Å². The quantitative estimate of drug-likeness (QED) is 0.441. The molecular weight excluding hydrogens is 428 g/mol. The van der Waals surface area contributed by atoms with E-state index in [1.54, 1.807) is 19.2 Å². The normalized spacial score (nSPS) is 14.3. The second-order valence-corrected chi connectivity index (χ2v) is 7.46. The van der Waals surface area contributed by atoms with Crippen LogP contribution < -0.4 is 0 Å². The van der Waals surface area contributed by atoms with E-state index >= 15 is 0 Å². The molecule has 0 bridgehead atoms. The van der Waals surface area contributed by atoms with E-state index in [1.165, 1.54) is 27.8 Å². The lowest BCUT2D eigenvalue weighted by Gasteiger charge is -2.33. The molecule has 2 atom stereocenters. The van der Waals surface area contributed by atoms with Crippen LogP contribution in [-0.2, 0) is 18.7 Å². The third-order valence-electron chi connectivity index (χ3n) is 5.34. The molecule has 0 aliphatic heterocycles. The molecule has 166 valence electrons. The monoisotopic (exact) mass is 446 g/mol. The lowest BCUT2D eigenvalue weighted by Crippen LogP contribution is -2.38. The fourth-order valence-electron chi connectivity index (χ4n) is 3.56. The number of halogens is 4. The molecular formula is C21H18F4N6O. The predicted octanol–water partition coefficient (Wildman–Crippen LogP) is 3.17. The van der Waals surface area contributed by atoms with Gasteiger partial charge in [-0.25, -0.2) is 22.2 Å². The van der Waals surface area contributed by atoms with Gasteiger partial charge >= 0.3 is 0 Å². The highest BCUT2D eigenvalue weighted by atomic mass is 19.2. The van der Waals surface area contributed by atoms with Gasteiger partial charge in [-0.05, 0) is 40.3 Å². The third kappa shape index (κ3) is 4.24. The molecule has 4 aromatic rings.